The van der Waals surface area contributed by atoms with Gasteiger partial charge in [0.2, 0.25) is 5.91 Å². The topological polar surface area (TPSA) is 95.1 Å². The van der Waals surface area contributed by atoms with Crippen molar-refractivity contribution in [3.63, 3.8) is 0 Å². The highest BCUT2D eigenvalue weighted by Crippen LogP contribution is 2.11. The lowest BCUT2D eigenvalue weighted by Gasteiger charge is -2.04. The molecule has 0 aromatic carbocycles. The van der Waals surface area contributed by atoms with Gasteiger partial charge < -0.3 is 10.4 Å². The van der Waals surface area contributed by atoms with Crippen molar-refractivity contribution >= 4 is 11.9 Å². The number of hydrogen-bond acceptors (Lipinski definition) is 3. The van der Waals surface area contributed by atoms with Gasteiger partial charge in [0.15, 0.2) is 0 Å². The van der Waals surface area contributed by atoms with E-state index in [2.05, 4.69) is 15.5 Å². The Bertz CT molecular complexity index is 407. The number of aromatic nitrogens is 2. The first-order valence-electron chi connectivity index (χ1n) is 5.99. The number of hydrogen-bond donors (Lipinski definition) is 3. The number of carbonyl (C=O) groups excluding carboxylic acids is 1. The van der Waals surface area contributed by atoms with Crippen LogP contribution in [0.15, 0.2) is 0 Å². The van der Waals surface area contributed by atoms with Crippen molar-refractivity contribution in [2.45, 2.75) is 39.5 Å². The van der Waals surface area contributed by atoms with Gasteiger partial charge in [-0.15, -0.1) is 0 Å². The molecule has 0 unspecified atom stereocenters. The third kappa shape index (κ3) is 4.57. The van der Waals surface area contributed by atoms with Gasteiger partial charge >= 0.3 is 5.97 Å². The fourth-order valence-electron chi connectivity index (χ4n) is 1.74. The summed E-state index contributed by atoms with van der Waals surface area (Å²) in [4.78, 5) is 21.8. The Morgan fingerprint density at radius 2 is 2.06 bits per heavy atom. The van der Waals surface area contributed by atoms with E-state index in [4.69, 9.17) is 5.11 Å². The summed E-state index contributed by atoms with van der Waals surface area (Å²) in [5.41, 5.74) is 2.99. The quantitative estimate of drug-likeness (QED) is 0.630. The minimum Gasteiger partial charge on any atom is -0.481 e. The molecule has 100 valence electrons. The maximum absolute atomic E-state index is 11.5. The number of H-pyrrole nitrogens is 1. The van der Waals surface area contributed by atoms with E-state index in [1.165, 1.54) is 0 Å². The molecule has 0 aliphatic heterocycles. The Morgan fingerprint density at radius 3 is 2.61 bits per heavy atom. The molecular weight excluding hydrogens is 234 g/mol. The van der Waals surface area contributed by atoms with E-state index in [0.717, 1.165) is 17.0 Å². The molecule has 0 saturated heterocycles. The van der Waals surface area contributed by atoms with Crippen LogP contribution in [0.3, 0.4) is 0 Å². The van der Waals surface area contributed by atoms with Crippen LogP contribution in [0.4, 0.5) is 0 Å². The number of carboxylic acids is 1. The molecule has 0 atom stereocenters. The van der Waals surface area contributed by atoms with Crippen molar-refractivity contribution in [1.29, 1.82) is 0 Å². The molecule has 1 aromatic rings. The Kier molecular flexibility index (Phi) is 5.35. The molecule has 6 nitrogen and oxygen atoms in total. The number of aliphatic carboxylic acids is 1. The molecule has 0 radical (unpaired) electrons. The van der Waals surface area contributed by atoms with Gasteiger partial charge in [-0.25, -0.2) is 0 Å². The van der Waals surface area contributed by atoms with Gasteiger partial charge in [0.05, 0.1) is 5.69 Å². The van der Waals surface area contributed by atoms with E-state index < -0.39 is 5.97 Å². The number of carboxylic acid groups (broad SMARTS) is 1. The van der Waals surface area contributed by atoms with Crippen molar-refractivity contribution in [1.82, 2.24) is 15.5 Å². The van der Waals surface area contributed by atoms with E-state index in [-0.39, 0.29) is 12.3 Å². The molecule has 0 saturated carbocycles. The van der Waals surface area contributed by atoms with Gasteiger partial charge in [-0.05, 0) is 32.3 Å². The lowest BCUT2D eigenvalue weighted by Crippen LogP contribution is -2.25. The summed E-state index contributed by atoms with van der Waals surface area (Å²) >= 11 is 0. The summed E-state index contributed by atoms with van der Waals surface area (Å²) < 4.78 is 0. The second-order valence-electron chi connectivity index (χ2n) is 4.26. The highest BCUT2D eigenvalue weighted by atomic mass is 16.4. The summed E-state index contributed by atoms with van der Waals surface area (Å²) in [5, 5.41) is 18.1. The maximum Gasteiger partial charge on any atom is 0.303 e. The second-order valence-corrected chi connectivity index (χ2v) is 4.26. The lowest BCUT2D eigenvalue weighted by atomic mass is 10.1. The average Bonchev–Trinajstić information content (AvgIpc) is 2.62. The smallest absolute Gasteiger partial charge is 0.303 e. The number of carbonyl (C=O) groups is 2. The van der Waals surface area contributed by atoms with Gasteiger partial charge in [0.1, 0.15) is 0 Å². The number of nitrogens with one attached hydrogen (secondary N) is 2. The molecule has 18 heavy (non-hydrogen) atoms. The largest absolute Gasteiger partial charge is 0.481 e. The molecule has 0 fully saturated rings. The molecule has 0 aliphatic carbocycles. The predicted octanol–water partition coefficient (Wildman–Crippen LogP) is 0.940. The fourth-order valence-corrected chi connectivity index (χ4v) is 1.74. The first-order valence-corrected chi connectivity index (χ1v) is 5.99. The van der Waals surface area contributed by atoms with Crippen molar-refractivity contribution in [3.8, 4) is 0 Å². The second kappa shape index (κ2) is 6.78. The highest BCUT2D eigenvalue weighted by Gasteiger charge is 2.08. The molecule has 0 aliphatic rings. The minimum atomic E-state index is -0.839. The molecule has 1 rings (SSSR count). The zero-order valence-corrected chi connectivity index (χ0v) is 10.7. The first-order chi connectivity index (χ1) is 8.50. The highest BCUT2D eigenvalue weighted by molar-refractivity contribution is 5.76. The van der Waals surface area contributed by atoms with Crippen LogP contribution in [0, 0.1) is 13.8 Å². The molecular formula is C12H19N3O3. The Hall–Kier alpha value is -1.85. The minimum absolute atomic E-state index is 0.0552. The third-order valence-corrected chi connectivity index (χ3v) is 2.77. The van der Waals surface area contributed by atoms with Crippen molar-refractivity contribution in [2.24, 2.45) is 0 Å². The summed E-state index contributed by atoms with van der Waals surface area (Å²) in [6.07, 6.45) is 1.60. The fraction of sp³-hybridized carbons (Fsp3) is 0.583. The van der Waals surface area contributed by atoms with Crippen molar-refractivity contribution in [2.75, 3.05) is 6.54 Å². The third-order valence-electron chi connectivity index (χ3n) is 2.77. The zero-order chi connectivity index (χ0) is 13.5. The number of aromatic amines is 1. The van der Waals surface area contributed by atoms with E-state index in [9.17, 15) is 9.59 Å². The molecule has 1 aromatic heterocycles. The van der Waals surface area contributed by atoms with Crippen LogP contribution < -0.4 is 5.32 Å². The van der Waals surface area contributed by atoms with E-state index in [1.807, 2.05) is 13.8 Å². The number of rotatable bonds is 7. The normalized spacial score (nSPS) is 10.3. The Balaban J connectivity index is 2.23. The average molecular weight is 253 g/mol. The summed E-state index contributed by atoms with van der Waals surface area (Å²) in [6.45, 7) is 4.25. The standard InChI is InChI=1S/C12H19N3O3/c1-8-10(9(2)15-14-8)5-6-11(16)13-7-3-4-12(17)18/h3-7H2,1-2H3,(H,13,16)(H,14,15)(H,17,18). The van der Waals surface area contributed by atoms with Crippen LogP contribution in [0.2, 0.25) is 0 Å². The zero-order valence-electron chi connectivity index (χ0n) is 10.7. The van der Waals surface area contributed by atoms with E-state index >= 15 is 0 Å². The van der Waals surface area contributed by atoms with Crippen molar-refractivity contribution in [3.05, 3.63) is 17.0 Å². The molecule has 1 amide bonds. The summed E-state index contributed by atoms with van der Waals surface area (Å²) in [6, 6.07) is 0. The summed E-state index contributed by atoms with van der Waals surface area (Å²) in [5.74, 6) is -0.894. The molecule has 3 N–H and O–H groups in total. The Morgan fingerprint density at radius 1 is 1.33 bits per heavy atom. The van der Waals surface area contributed by atoms with Crippen LogP contribution in [0.25, 0.3) is 0 Å². The molecule has 1 heterocycles. The molecule has 6 heteroatoms. The van der Waals surface area contributed by atoms with Crippen LogP contribution in [0.1, 0.15) is 36.2 Å². The van der Waals surface area contributed by atoms with E-state index in [0.29, 0.717) is 25.8 Å². The van der Waals surface area contributed by atoms with Gasteiger partial charge in [-0.1, -0.05) is 0 Å². The van der Waals surface area contributed by atoms with Crippen LogP contribution >= 0.6 is 0 Å². The van der Waals surface area contributed by atoms with Gasteiger partial charge in [-0.3, -0.25) is 14.7 Å². The number of aryl methyl sites for hydroxylation is 2. The van der Waals surface area contributed by atoms with Crippen LogP contribution in [-0.2, 0) is 16.0 Å². The molecule has 0 spiro atoms. The van der Waals surface area contributed by atoms with E-state index in [1.54, 1.807) is 0 Å². The summed E-state index contributed by atoms with van der Waals surface area (Å²) in [7, 11) is 0. The lowest BCUT2D eigenvalue weighted by molar-refractivity contribution is -0.137. The van der Waals surface area contributed by atoms with Gasteiger partial charge in [0, 0.05) is 25.1 Å². The number of nitrogens with zero attached hydrogens (tertiary/aromatic N) is 1. The van der Waals surface area contributed by atoms with Gasteiger partial charge in [-0.2, -0.15) is 5.10 Å². The SMILES string of the molecule is Cc1n[nH]c(C)c1CCC(=O)NCCCC(=O)O. The van der Waals surface area contributed by atoms with Gasteiger partial charge in [0.25, 0.3) is 0 Å². The van der Waals surface area contributed by atoms with Crippen LogP contribution in [0.5, 0.6) is 0 Å². The molecule has 0 bridgehead atoms. The first kappa shape index (κ1) is 14.2. The number of amides is 1. The Labute approximate surface area is 106 Å². The van der Waals surface area contributed by atoms with Crippen LogP contribution in [-0.4, -0.2) is 33.7 Å². The predicted molar refractivity (Wildman–Crippen MR) is 66.3 cm³/mol. The van der Waals surface area contributed by atoms with Crippen molar-refractivity contribution < 1.29 is 14.7 Å². The maximum atomic E-state index is 11.5. The monoisotopic (exact) mass is 253 g/mol.